The molecule has 1 amide bonds. The van der Waals surface area contributed by atoms with Crippen LogP contribution in [0.5, 0.6) is 0 Å². The molecule has 2 aromatic rings. The minimum Gasteiger partial charge on any atom is -0.370 e. The summed E-state index contributed by atoms with van der Waals surface area (Å²) in [6, 6.07) is 13.8. The number of nitro groups is 1. The molecule has 6 nitrogen and oxygen atoms in total. The van der Waals surface area contributed by atoms with Crippen LogP contribution in [-0.2, 0) is 4.74 Å². The molecule has 124 valence electrons. The van der Waals surface area contributed by atoms with Crippen molar-refractivity contribution in [2.24, 2.45) is 0 Å². The Kier molecular flexibility index (Phi) is 4.57. The first-order valence-electron chi connectivity index (χ1n) is 7.76. The van der Waals surface area contributed by atoms with Crippen LogP contribution in [-0.4, -0.2) is 35.4 Å². The van der Waals surface area contributed by atoms with Crippen molar-refractivity contribution in [3.05, 3.63) is 75.3 Å². The highest BCUT2D eigenvalue weighted by Gasteiger charge is 2.26. The van der Waals surface area contributed by atoms with Crippen LogP contribution in [0.15, 0.2) is 48.5 Å². The van der Waals surface area contributed by atoms with Crippen molar-refractivity contribution in [2.75, 3.05) is 19.7 Å². The number of aryl methyl sites for hydroxylation is 1. The Hall–Kier alpha value is -2.73. The average Bonchev–Trinajstić information content (AvgIpc) is 2.62. The Morgan fingerprint density at radius 2 is 1.83 bits per heavy atom. The van der Waals surface area contributed by atoms with E-state index in [2.05, 4.69) is 0 Å². The van der Waals surface area contributed by atoms with Crippen LogP contribution < -0.4 is 0 Å². The molecule has 24 heavy (non-hydrogen) atoms. The van der Waals surface area contributed by atoms with Crippen molar-refractivity contribution >= 4 is 11.6 Å². The molecule has 6 heteroatoms. The van der Waals surface area contributed by atoms with Crippen LogP contribution in [0.25, 0.3) is 0 Å². The van der Waals surface area contributed by atoms with Crippen LogP contribution >= 0.6 is 0 Å². The number of hydrogen-bond acceptors (Lipinski definition) is 4. The summed E-state index contributed by atoms with van der Waals surface area (Å²) in [6.07, 6.45) is -0.152. The number of ether oxygens (including phenoxy) is 1. The van der Waals surface area contributed by atoms with E-state index in [-0.39, 0.29) is 17.7 Å². The SMILES string of the molecule is Cc1ccc(C2CN(C(=O)c3ccc([N+](=O)[O-])cc3)CCO2)cc1. The van der Waals surface area contributed by atoms with Gasteiger partial charge >= 0.3 is 0 Å². The molecule has 1 atom stereocenters. The largest absolute Gasteiger partial charge is 0.370 e. The van der Waals surface area contributed by atoms with Crippen molar-refractivity contribution < 1.29 is 14.5 Å². The summed E-state index contributed by atoms with van der Waals surface area (Å²) in [5.74, 6) is -0.134. The lowest BCUT2D eigenvalue weighted by molar-refractivity contribution is -0.384. The third kappa shape index (κ3) is 3.44. The van der Waals surface area contributed by atoms with E-state index >= 15 is 0 Å². The first-order chi connectivity index (χ1) is 11.5. The molecule has 0 saturated carbocycles. The van der Waals surface area contributed by atoms with E-state index in [1.165, 1.54) is 29.8 Å². The fourth-order valence-corrected chi connectivity index (χ4v) is 2.72. The van der Waals surface area contributed by atoms with Gasteiger partial charge in [0.1, 0.15) is 6.10 Å². The smallest absolute Gasteiger partial charge is 0.269 e. The van der Waals surface area contributed by atoms with Gasteiger partial charge in [-0.3, -0.25) is 14.9 Å². The van der Waals surface area contributed by atoms with Gasteiger partial charge in [0.15, 0.2) is 0 Å². The summed E-state index contributed by atoms with van der Waals surface area (Å²) in [5.41, 5.74) is 2.64. The lowest BCUT2D eigenvalue weighted by atomic mass is 10.1. The predicted molar refractivity (Wildman–Crippen MR) is 88.9 cm³/mol. The van der Waals surface area contributed by atoms with Gasteiger partial charge in [-0.05, 0) is 24.6 Å². The zero-order valence-corrected chi connectivity index (χ0v) is 13.3. The van der Waals surface area contributed by atoms with E-state index in [0.717, 1.165) is 5.56 Å². The van der Waals surface area contributed by atoms with Gasteiger partial charge in [-0.2, -0.15) is 0 Å². The number of carbonyl (C=O) groups excluding carboxylic acids is 1. The van der Waals surface area contributed by atoms with Crippen LogP contribution in [0.2, 0.25) is 0 Å². The monoisotopic (exact) mass is 326 g/mol. The second-order valence-electron chi connectivity index (χ2n) is 5.83. The maximum atomic E-state index is 12.6. The minimum absolute atomic E-state index is 0.0222. The van der Waals surface area contributed by atoms with Crippen LogP contribution in [0.4, 0.5) is 5.69 Å². The van der Waals surface area contributed by atoms with Gasteiger partial charge in [-0.1, -0.05) is 29.8 Å². The van der Waals surface area contributed by atoms with E-state index < -0.39 is 4.92 Å². The number of benzene rings is 2. The number of carbonyl (C=O) groups is 1. The molecular formula is C18H18N2O4. The minimum atomic E-state index is -0.476. The lowest BCUT2D eigenvalue weighted by Gasteiger charge is -2.33. The zero-order chi connectivity index (χ0) is 17.1. The summed E-state index contributed by atoms with van der Waals surface area (Å²) >= 11 is 0. The van der Waals surface area contributed by atoms with E-state index in [1.54, 1.807) is 4.90 Å². The molecular weight excluding hydrogens is 308 g/mol. The fourth-order valence-electron chi connectivity index (χ4n) is 2.72. The van der Waals surface area contributed by atoms with Gasteiger partial charge in [0.25, 0.3) is 11.6 Å². The quantitative estimate of drug-likeness (QED) is 0.642. The molecule has 0 spiro atoms. The Balaban J connectivity index is 1.72. The van der Waals surface area contributed by atoms with Gasteiger partial charge in [-0.15, -0.1) is 0 Å². The number of non-ortho nitro benzene ring substituents is 1. The van der Waals surface area contributed by atoms with Crippen molar-refractivity contribution in [3.63, 3.8) is 0 Å². The third-order valence-electron chi connectivity index (χ3n) is 4.13. The molecule has 0 N–H and O–H groups in total. The fraction of sp³-hybridized carbons (Fsp3) is 0.278. The molecule has 1 unspecified atom stereocenters. The highest BCUT2D eigenvalue weighted by molar-refractivity contribution is 5.94. The van der Waals surface area contributed by atoms with E-state index in [0.29, 0.717) is 25.3 Å². The first kappa shape index (κ1) is 16.1. The third-order valence-corrected chi connectivity index (χ3v) is 4.13. The molecule has 0 radical (unpaired) electrons. The second-order valence-corrected chi connectivity index (χ2v) is 5.83. The van der Waals surface area contributed by atoms with Crippen molar-refractivity contribution in [2.45, 2.75) is 13.0 Å². The molecule has 0 bridgehead atoms. The Labute approximate surface area is 139 Å². The van der Waals surface area contributed by atoms with Gasteiger partial charge in [0, 0.05) is 24.2 Å². The van der Waals surface area contributed by atoms with E-state index in [4.69, 9.17) is 4.74 Å². The number of nitrogens with zero attached hydrogens (tertiary/aromatic N) is 2. The topological polar surface area (TPSA) is 72.7 Å². The number of rotatable bonds is 3. The van der Waals surface area contributed by atoms with Gasteiger partial charge < -0.3 is 9.64 Å². The highest BCUT2D eigenvalue weighted by Crippen LogP contribution is 2.24. The summed E-state index contributed by atoms with van der Waals surface area (Å²) in [6.45, 7) is 3.48. The van der Waals surface area contributed by atoms with Crippen molar-refractivity contribution in [1.29, 1.82) is 0 Å². The average molecular weight is 326 g/mol. The van der Waals surface area contributed by atoms with Crippen molar-refractivity contribution in [1.82, 2.24) is 4.90 Å². The number of hydrogen-bond donors (Lipinski definition) is 0. The zero-order valence-electron chi connectivity index (χ0n) is 13.3. The van der Waals surface area contributed by atoms with Crippen LogP contribution in [0.1, 0.15) is 27.6 Å². The highest BCUT2D eigenvalue weighted by atomic mass is 16.6. The second kappa shape index (κ2) is 6.80. The maximum Gasteiger partial charge on any atom is 0.269 e. The Bertz CT molecular complexity index is 741. The predicted octanol–water partition coefficient (Wildman–Crippen LogP) is 3.12. The molecule has 0 aliphatic carbocycles. The van der Waals surface area contributed by atoms with Crippen LogP contribution in [0, 0.1) is 17.0 Å². The molecule has 1 aliphatic heterocycles. The lowest BCUT2D eigenvalue weighted by Crippen LogP contribution is -2.42. The van der Waals surface area contributed by atoms with Crippen LogP contribution in [0.3, 0.4) is 0 Å². The number of amides is 1. The standard InChI is InChI=1S/C18H18N2O4/c1-13-2-4-14(5-3-13)17-12-19(10-11-24-17)18(21)15-6-8-16(9-7-15)20(22)23/h2-9,17H,10-12H2,1H3. The molecule has 3 rings (SSSR count). The van der Waals surface area contributed by atoms with Gasteiger partial charge in [-0.25, -0.2) is 0 Å². The number of nitro benzene ring substituents is 1. The molecule has 1 fully saturated rings. The Morgan fingerprint density at radius 1 is 1.17 bits per heavy atom. The number of morpholine rings is 1. The Morgan fingerprint density at radius 3 is 2.46 bits per heavy atom. The maximum absolute atomic E-state index is 12.6. The normalized spacial score (nSPS) is 17.5. The molecule has 0 aromatic heterocycles. The van der Waals surface area contributed by atoms with Crippen molar-refractivity contribution in [3.8, 4) is 0 Å². The molecule has 1 saturated heterocycles. The first-order valence-corrected chi connectivity index (χ1v) is 7.76. The molecule has 1 aliphatic rings. The summed E-state index contributed by atoms with van der Waals surface area (Å²) in [4.78, 5) is 24.6. The summed E-state index contributed by atoms with van der Waals surface area (Å²) in [7, 11) is 0. The molecule has 2 aromatic carbocycles. The van der Waals surface area contributed by atoms with Gasteiger partial charge in [0.05, 0.1) is 18.1 Å². The van der Waals surface area contributed by atoms with E-state index in [9.17, 15) is 14.9 Å². The van der Waals surface area contributed by atoms with E-state index in [1.807, 2.05) is 31.2 Å². The molecule has 1 heterocycles. The summed E-state index contributed by atoms with van der Waals surface area (Å²) < 4.78 is 5.79. The summed E-state index contributed by atoms with van der Waals surface area (Å²) in [5, 5.41) is 10.7. The van der Waals surface area contributed by atoms with Gasteiger partial charge in [0.2, 0.25) is 0 Å².